The Bertz CT molecular complexity index is 1500. The molecule has 0 spiro atoms. The number of aliphatic hydroxyl groups excluding tert-OH is 1. The molecule has 1 N–H and O–H groups in total. The highest BCUT2D eigenvalue weighted by atomic mass is 16.3. The van der Waals surface area contributed by atoms with E-state index in [1.807, 2.05) is 66.3 Å². The number of hydrogen-bond donors (Lipinski definition) is 1. The van der Waals surface area contributed by atoms with Crippen LogP contribution < -0.4 is 0 Å². The number of aliphatic hydroxyl groups is 1. The third kappa shape index (κ3) is 3.33. The fourth-order valence-electron chi connectivity index (χ4n) is 6.22. The molecule has 0 fully saturated rings. The zero-order valence-corrected chi connectivity index (χ0v) is 20.3. The molecule has 0 bridgehead atoms. The van der Waals surface area contributed by atoms with E-state index in [9.17, 15) is 10.4 Å². The molecule has 7 nitrogen and oxygen atoms in total. The fourth-order valence-corrected chi connectivity index (χ4v) is 6.22. The molecule has 2 aliphatic carbocycles. The van der Waals surface area contributed by atoms with Crippen LogP contribution in [0.3, 0.4) is 0 Å². The normalized spacial score (nSPS) is 23.0. The summed E-state index contributed by atoms with van der Waals surface area (Å²) in [5.41, 5.74) is 6.73. The Kier molecular flexibility index (Phi) is 5.18. The van der Waals surface area contributed by atoms with Crippen LogP contribution in [-0.2, 0) is 11.8 Å². The number of nitriles is 1. The lowest BCUT2D eigenvalue weighted by atomic mass is 9.56. The van der Waals surface area contributed by atoms with Crippen molar-refractivity contribution in [3.63, 3.8) is 0 Å². The number of fused-ring (bicyclic) bond motifs is 3. The van der Waals surface area contributed by atoms with Gasteiger partial charge in [0, 0.05) is 28.7 Å². The van der Waals surface area contributed by atoms with E-state index in [1.54, 1.807) is 12.5 Å². The third-order valence-electron chi connectivity index (χ3n) is 7.96. The van der Waals surface area contributed by atoms with Gasteiger partial charge in [-0.15, -0.1) is 0 Å². The molecule has 7 heteroatoms. The Labute approximate surface area is 209 Å². The topological polar surface area (TPSA) is 101 Å². The average Bonchev–Trinajstić information content (AvgIpc) is 3.33. The molecular formula is C29H26N6O. The van der Waals surface area contributed by atoms with Crippen molar-refractivity contribution in [2.24, 2.45) is 11.8 Å². The second-order valence-corrected chi connectivity index (χ2v) is 9.95. The van der Waals surface area contributed by atoms with Crippen LogP contribution in [0.4, 0.5) is 0 Å². The second kappa shape index (κ2) is 8.42. The van der Waals surface area contributed by atoms with Crippen molar-refractivity contribution in [3.05, 3.63) is 89.8 Å². The molecule has 2 aliphatic rings. The van der Waals surface area contributed by atoms with Crippen LogP contribution in [0, 0.1) is 23.2 Å². The maximum atomic E-state index is 10.8. The van der Waals surface area contributed by atoms with E-state index < -0.39 is 0 Å². The van der Waals surface area contributed by atoms with Gasteiger partial charge in [-0.2, -0.15) is 10.4 Å². The summed E-state index contributed by atoms with van der Waals surface area (Å²) in [4.78, 5) is 13.3. The quantitative estimate of drug-likeness (QED) is 0.416. The van der Waals surface area contributed by atoms with Crippen LogP contribution in [0.2, 0.25) is 0 Å². The Balaban J connectivity index is 1.55. The van der Waals surface area contributed by atoms with Crippen molar-refractivity contribution in [1.29, 1.82) is 5.26 Å². The van der Waals surface area contributed by atoms with Gasteiger partial charge in [-0.05, 0) is 43.4 Å². The summed E-state index contributed by atoms with van der Waals surface area (Å²) in [5, 5.41) is 25.7. The summed E-state index contributed by atoms with van der Waals surface area (Å²) in [6.07, 6.45) is 7.33. The zero-order chi connectivity index (χ0) is 24.9. The largest absolute Gasteiger partial charge is 0.511 e. The molecule has 0 unspecified atom stereocenters. The summed E-state index contributed by atoms with van der Waals surface area (Å²) in [7, 11) is 0. The molecule has 1 aromatic carbocycles. The summed E-state index contributed by atoms with van der Waals surface area (Å²) >= 11 is 0. The van der Waals surface area contributed by atoms with Crippen molar-refractivity contribution in [1.82, 2.24) is 24.7 Å². The average molecular weight is 475 g/mol. The number of rotatable bonds is 3. The van der Waals surface area contributed by atoms with Gasteiger partial charge >= 0.3 is 0 Å². The van der Waals surface area contributed by atoms with Crippen molar-refractivity contribution in [2.75, 3.05) is 0 Å². The van der Waals surface area contributed by atoms with E-state index in [0.717, 1.165) is 52.4 Å². The fraction of sp³-hybridized carbons (Fsp3) is 0.276. The van der Waals surface area contributed by atoms with Gasteiger partial charge in [0.1, 0.15) is 17.8 Å². The molecule has 3 atom stereocenters. The van der Waals surface area contributed by atoms with Gasteiger partial charge in [0.15, 0.2) is 0 Å². The number of benzene rings is 1. The van der Waals surface area contributed by atoms with Gasteiger partial charge in [-0.25, -0.2) is 14.6 Å². The molecule has 0 saturated carbocycles. The number of allylic oxidation sites excluding steroid dienone is 2. The van der Waals surface area contributed by atoms with Gasteiger partial charge in [-0.1, -0.05) is 44.2 Å². The standard InChI is InChI=1S/C29H26N6O/c1-18-23-10-9-22-26(25-12-13-31-17-33-25)34-35(28(22)29(23,2)14-20(15-30)27(18)36)21-8-11-24(32-16-21)19-6-4-3-5-7-19/h3-8,11-13,16-18,23,36H,9-10,14H2,1-2H3/t18-,23-,29-/m1/s1. The van der Waals surface area contributed by atoms with Crippen LogP contribution in [0.1, 0.15) is 37.9 Å². The minimum atomic E-state index is -0.374. The molecule has 36 heavy (non-hydrogen) atoms. The summed E-state index contributed by atoms with van der Waals surface area (Å²) in [5.74, 6) is 0.322. The van der Waals surface area contributed by atoms with Crippen molar-refractivity contribution >= 4 is 0 Å². The Morgan fingerprint density at radius 2 is 1.92 bits per heavy atom. The number of pyridine rings is 1. The van der Waals surface area contributed by atoms with Gasteiger partial charge in [0.05, 0.1) is 40.6 Å². The SMILES string of the molecule is C[C@H]1C(O)=C(C#N)C[C@@]2(C)c3c(c(-c4ccncn4)nn3-c3ccc(-c4ccccc4)nc3)CC[C@H]12. The number of nitrogens with zero attached hydrogens (tertiary/aromatic N) is 6. The van der Waals surface area contributed by atoms with E-state index in [-0.39, 0.29) is 23.0 Å². The third-order valence-corrected chi connectivity index (χ3v) is 7.96. The monoisotopic (exact) mass is 474 g/mol. The molecule has 4 aromatic rings. The lowest BCUT2D eigenvalue weighted by Crippen LogP contribution is -2.45. The Morgan fingerprint density at radius 1 is 1.08 bits per heavy atom. The minimum Gasteiger partial charge on any atom is -0.511 e. The molecule has 0 saturated heterocycles. The zero-order valence-electron chi connectivity index (χ0n) is 20.3. The molecular weight excluding hydrogens is 448 g/mol. The predicted molar refractivity (Wildman–Crippen MR) is 136 cm³/mol. The first-order chi connectivity index (χ1) is 17.5. The van der Waals surface area contributed by atoms with Gasteiger partial charge in [0.2, 0.25) is 0 Å². The van der Waals surface area contributed by atoms with E-state index in [4.69, 9.17) is 10.1 Å². The predicted octanol–water partition coefficient (Wildman–Crippen LogP) is 5.59. The lowest BCUT2D eigenvalue weighted by Gasteiger charge is -2.47. The first-order valence-corrected chi connectivity index (χ1v) is 12.2. The minimum absolute atomic E-state index is 0.101. The van der Waals surface area contributed by atoms with Crippen molar-refractivity contribution in [2.45, 2.75) is 38.5 Å². The highest BCUT2D eigenvalue weighted by molar-refractivity contribution is 5.64. The van der Waals surface area contributed by atoms with Crippen LogP contribution in [0.25, 0.3) is 28.3 Å². The van der Waals surface area contributed by atoms with Gasteiger partial charge < -0.3 is 5.11 Å². The number of hydrogen-bond acceptors (Lipinski definition) is 6. The van der Waals surface area contributed by atoms with E-state index in [2.05, 4.69) is 23.0 Å². The van der Waals surface area contributed by atoms with E-state index in [0.29, 0.717) is 12.0 Å². The van der Waals surface area contributed by atoms with Crippen molar-refractivity contribution < 1.29 is 5.11 Å². The van der Waals surface area contributed by atoms with Crippen LogP contribution in [-0.4, -0.2) is 29.8 Å². The maximum Gasteiger partial charge on any atom is 0.116 e. The first kappa shape index (κ1) is 22.2. The molecule has 6 rings (SSSR count). The molecule has 0 aliphatic heterocycles. The second-order valence-electron chi connectivity index (χ2n) is 9.95. The van der Waals surface area contributed by atoms with Crippen LogP contribution in [0.5, 0.6) is 0 Å². The highest BCUT2D eigenvalue weighted by Crippen LogP contribution is 2.54. The molecule has 178 valence electrons. The molecule has 0 amide bonds. The smallest absolute Gasteiger partial charge is 0.116 e. The van der Waals surface area contributed by atoms with Gasteiger partial charge in [-0.3, -0.25) is 4.98 Å². The number of aromatic nitrogens is 5. The first-order valence-electron chi connectivity index (χ1n) is 12.2. The summed E-state index contributed by atoms with van der Waals surface area (Å²) < 4.78 is 1.99. The Hall–Kier alpha value is -4.31. The van der Waals surface area contributed by atoms with E-state index >= 15 is 0 Å². The van der Waals surface area contributed by atoms with Crippen LogP contribution >= 0.6 is 0 Å². The molecule has 3 heterocycles. The van der Waals surface area contributed by atoms with Gasteiger partial charge in [0.25, 0.3) is 0 Å². The molecule has 0 radical (unpaired) electrons. The maximum absolute atomic E-state index is 10.8. The van der Waals surface area contributed by atoms with E-state index in [1.165, 1.54) is 0 Å². The molecule has 3 aromatic heterocycles. The summed E-state index contributed by atoms with van der Waals surface area (Å²) in [6.45, 7) is 4.24. The highest BCUT2D eigenvalue weighted by Gasteiger charge is 2.51. The Morgan fingerprint density at radius 3 is 2.61 bits per heavy atom. The summed E-state index contributed by atoms with van der Waals surface area (Å²) in [6, 6.07) is 18.3. The van der Waals surface area contributed by atoms with Crippen molar-refractivity contribution in [3.8, 4) is 34.4 Å². The lowest BCUT2D eigenvalue weighted by molar-refractivity contribution is 0.134. The van der Waals surface area contributed by atoms with Crippen LogP contribution in [0.15, 0.2) is 78.6 Å².